The van der Waals surface area contributed by atoms with Crippen molar-refractivity contribution >= 4 is 40.0 Å². The predicted octanol–water partition coefficient (Wildman–Crippen LogP) is 3.63. The van der Waals surface area contributed by atoms with Gasteiger partial charge in [0, 0.05) is 25.7 Å². The van der Waals surface area contributed by atoms with Crippen LogP contribution in [0.2, 0.25) is 0 Å². The Morgan fingerprint density at radius 1 is 1.07 bits per heavy atom. The summed E-state index contributed by atoms with van der Waals surface area (Å²) in [7, 11) is -1.87. The van der Waals surface area contributed by atoms with Crippen LogP contribution in [0.3, 0.4) is 0 Å². The van der Waals surface area contributed by atoms with Crippen molar-refractivity contribution in [3.05, 3.63) is 29.8 Å². The zero-order valence-corrected chi connectivity index (χ0v) is 20.3. The molecule has 156 valence electrons. The molecule has 0 atom stereocenters. The zero-order chi connectivity index (χ0) is 19.6. The summed E-state index contributed by atoms with van der Waals surface area (Å²) in [5.41, 5.74) is 0.174. The molecule has 0 saturated heterocycles. The van der Waals surface area contributed by atoms with Gasteiger partial charge < -0.3 is 10.6 Å². The second-order valence-corrected chi connectivity index (χ2v) is 9.03. The van der Waals surface area contributed by atoms with Crippen LogP contribution in [0.5, 0.6) is 0 Å². The molecule has 3 N–H and O–H groups in total. The Morgan fingerprint density at radius 3 is 2.33 bits per heavy atom. The minimum Gasteiger partial charge on any atom is -0.356 e. The molecular formula is C19H35IN4O2S. The second kappa shape index (κ2) is 12.6. The van der Waals surface area contributed by atoms with Crippen molar-refractivity contribution in [1.82, 2.24) is 15.4 Å². The lowest BCUT2D eigenvalue weighted by Gasteiger charge is -2.22. The Morgan fingerprint density at radius 2 is 1.74 bits per heavy atom. The van der Waals surface area contributed by atoms with Crippen LogP contribution in [0, 0.1) is 0 Å². The molecule has 0 saturated carbocycles. The Labute approximate surface area is 182 Å². The first-order valence-electron chi connectivity index (χ1n) is 9.26. The smallest absolute Gasteiger partial charge is 0.241 e. The molecule has 1 rings (SSSR count). The van der Waals surface area contributed by atoms with Crippen LogP contribution in [-0.4, -0.2) is 33.5 Å². The van der Waals surface area contributed by atoms with Crippen molar-refractivity contribution in [2.75, 3.05) is 13.6 Å². The van der Waals surface area contributed by atoms with E-state index in [-0.39, 0.29) is 24.0 Å². The molecule has 0 fully saturated rings. The summed E-state index contributed by atoms with van der Waals surface area (Å²) in [6.45, 7) is 8.91. The molecule has 0 heterocycles. The number of guanidine groups is 1. The van der Waals surface area contributed by atoms with Crippen molar-refractivity contribution in [3.63, 3.8) is 0 Å². The fourth-order valence-corrected chi connectivity index (χ4v) is 4.19. The first-order valence-corrected chi connectivity index (χ1v) is 10.7. The molecule has 1 aromatic rings. The van der Waals surface area contributed by atoms with Gasteiger partial charge in [-0.05, 0) is 38.8 Å². The van der Waals surface area contributed by atoms with Crippen molar-refractivity contribution < 1.29 is 8.42 Å². The lowest BCUT2D eigenvalue weighted by molar-refractivity contribution is 0.491. The minimum atomic E-state index is -3.58. The molecule has 0 amide bonds. The third-order valence-corrected chi connectivity index (χ3v) is 5.55. The highest BCUT2D eigenvalue weighted by Gasteiger charge is 2.24. The van der Waals surface area contributed by atoms with E-state index in [0.29, 0.717) is 23.0 Å². The van der Waals surface area contributed by atoms with E-state index in [4.69, 9.17) is 0 Å². The third kappa shape index (κ3) is 10.3. The molecule has 0 bridgehead atoms. The molecule has 0 aromatic heterocycles. The van der Waals surface area contributed by atoms with E-state index in [9.17, 15) is 8.42 Å². The van der Waals surface area contributed by atoms with Gasteiger partial charge in [0.1, 0.15) is 0 Å². The van der Waals surface area contributed by atoms with E-state index < -0.39 is 15.6 Å². The maximum atomic E-state index is 12.7. The summed E-state index contributed by atoms with van der Waals surface area (Å²) in [6, 6.07) is 7.03. The number of aliphatic imine (C=N–C) groups is 1. The Balaban J connectivity index is 0.00000676. The number of hydrogen-bond donors (Lipinski definition) is 3. The van der Waals surface area contributed by atoms with Gasteiger partial charge in [0.2, 0.25) is 10.0 Å². The standard InChI is InChI=1S/C19H34N4O2S.HI/c1-6-7-8-11-14-21-18(20-5)22-15-16-12-9-10-13-17(16)26(24,25)23-19(2,3)4;/h9-10,12-13,23H,6-8,11,14-15H2,1-5H3,(H2,20,21,22);1H. The van der Waals surface area contributed by atoms with E-state index >= 15 is 0 Å². The summed E-state index contributed by atoms with van der Waals surface area (Å²) in [5, 5.41) is 6.47. The number of halogens is 1. The first kappa shape index (κ1) is 26.1. The number of hydrogen-bond acceptors (Lipinski definition) is 3. The highest BCUT2D eigenvalue weighted by Crippen LogP contribution is 2.17. The van der Waals surface area contributed by atoms with Crippen LogP contribution in [0.1, 0.15) is 58.9 Å². The molecular weight excluding hydrogens is 475 g/mol. The van der Waals surface area contributed by atoms with E-state index in [1.54, 1.807) is 19.2 Å². The molecule has 0 aliphatic rings. The summed E-state index contributed by atoms with van der Waals surface area (Å²) in [5.74, 6) is 0.678. The summed E-state index contributed by atoms with van der Waals surface area (Å²) in [4.78, 5) is 4.49. The molecule has 0 aliphatic carbocycles. The van der Waals surface area contributed by atoms with Crippen molar-refractivity contribution in [1.29, 1.82) is 0 Å². The summed E-state index contributed by atoms with van der Waals surface area (Å²) < 4.78 is 28.0. The van der Waals surface area contributed by atoms with E-state index in [1.807, 2.05) is 32.9 Å². The van der Waals surface area contributed by atoms with E-state index in [1.165, 1.54) is 19.3 Å². The highest BCUT2D eigenvalue weighted by atomic mass is 127. The average Bonchev–Trinajstić information content (AvgIpc) is 2.55. The SMILES string of the molecule is CCCCCCNC(=NC)NCc1ccccc1S(=O)(=O)NC(C)(C)C.I. The third-order valence-electron chi connectivity index (χ3n) is 3.70. The molecule has 8 heteroatoms. The van der Waals surface area contributed by atoms with Crippen LogP contribution in [0.15, 0.2) is 34.2 Å². The maximum Gasteiger partial charge on any atom is 0.241 e. The second-order valence-electron chi connectivity index (χ2n) is 7.38. The Kier molecular flexibility index (Phi) is 12.2. The van der Waals surface area contributed by atoms with Gasteiger partial charge in [-0.1, -0.05) is 44.4 Å². The van der Waals surface area contributed by atoms with Crippen LogP contribution in [0.4, 0.5) is 0 Å². The van der Waals surface area contributed by atoms with Gasteiger partial charge in [-0.25, -0.2) is 13.1 Å². The van der Waals surface area contributed by atoms with E-state index in [2.05, 4.69) is 27.3 Å². The van der Waals surface area contributed by atoms with Gasteiger partial charge in [-0.15, -0.1) is 24.0 Å². The summed E-state index contributed by atoms with van der Waals surface area (Å²) in [6.07, 6.45) is 4.73. The number of rotatable bonds is 9. The van der Waals surface area contributed by atoms with Crippen molar-refractivity contribution in [3.8, 4) is 0 Å². The topological polar surface area (TPSA) is 82.6 Å². The fourth-order valence-electron chi connectivity index (χ4n) is 2.53. The van der Waals surface area contributed by atoms with Crippen molar-refractivity contribution in [2.24, 2.45) is 4.99 Å². The highest BCUT2D eigenvalue weighted by molar-refractivity contribution is 14.0. The van der Waals surface area contributed by atoms with Gasteiger partial charge in [0.25, 0.3) is 0 Å². The number of sulfonamides is 1. The lowest BCUT2D eigenvalue weighted by Crippen LogP contribution is -2.41. The van der Waals surface area contributed by atoms with Gasteiger partial charge in [-0.3, -0.25) is 4.99 Å². The molecule has 0 radical (unpaired) electrons. The van der Waals surface area contributed by atoms with Crippen LogP contribution >= 0.6 is 24.0 Å². The minimum absolute atomic E-state index is 0. The predicted molar refractivity (Wildman–Crippen MR) is 124 cm³/mol. The Hall–Kier alpha value is -0.870. The molecule has 0 spiro atoms. The molecule has 0 aliphatic heterocycles. The average molecular weight is 510 g/mol. The fraction of sp³-hybridized carbons (Fsp3) is 0.632. The number of unbranched alkanes of at least 4 members (excludes halogenated alkanes) is 3. The zero-order valence-electron chi connectivity index (χ0n) is 17.1. The van der Waals surface area contributed by atoms with Gasteiger partial charge in [0.05, 0.1) is 4.90 Å². The van der Waals surface area contributed by atoms with Gasteiger partial charge in [-0.2, -0.15) is 0 Å². The molecule has 0 unspecified atom stereocenters. The van der Waals surface area contributed by atoms with Crippen LogP contribution in [0.25, 0.3) is 0 Å². The quantitative estimate of drug-likeness (QED) is 0.205. The monoisotopic (exact) mass is 510 g/mol. The molecule has 6 nitrogen and oxygen atoms in total. The van der Waals surface area contributed by atoms with Gasteiger partial charge >= 0.3 is 0 Å². The van der Waals surface area contributed by atoms with Crippen LogP contribution in [-0.2, 0) is 16.6 Å². The maximum absolute atomic E-state index is 12.7. The normalized spacial score (nSPS) is 12.4. The number of nitrogens with one attached hydrogen (secondary N) is 3. The van der Waals surface area contributed by atoms with E-state index in [0.717, 1.165) is 13.0 Å². The number of nitrogens with zero attached hydrogens (tertiary/aromatic N) is 1. The summed E-state index contributed by atoms with van der Waals surface area (Å²) >= 11 is 0. The lowest BCUT2D eigenvalue weighted by atomic mass is 10.1. The largest absolute Gasteiger partial charge is 0.356 e. The molecule has 1 aromatic carbocycles. The number of benzene rings is 1. The van der Waals surface area contributed by atoms with Crippen molar-refractivity contribution in [2.45, 2.75) is 70.4 Å². The van der Waals surface area contributed by atoms with Gasteiger partial charge in [0.15, 0.2) is 5.96 Å². The molecule has 27 heavy (non-hydrogen) atoms. The Bertz CT molecular complexity index is 685. The first-order chi connectivity index (χ1) is 12.2. The van der Waals surface area contributed by atoms with Crippen LogP contribution < -0.4 is 15.4 Å².